The lowest BCUT2D eigenvalue weighted by Crippen LogP contribution is -2.49. The molecule has 0 spiro atoms. The SMILES string of the molecule is Nc1ccc(C(=O)N2CCN(c3ccccn3)CC2)cc1N. The number of piperazine rings is 1. The second-order valence-corrected chi connectivity index (χ2v) is 5.31. The number of carbonyl (C=O) groups is 1. The first-order valence-electron chi connectivity index (χ1n) is 7.25. The van der Waals surface area contributed by atoms with Crippen LogP contribution >= 0.6 is 0 Å². The van der Waals surface area contributed by atoms with E-state index in [-0.39, 0.29) is 5.91 Å². The fraction of sp³-hybridized carbons (Fsp3) is 0.250. The monoisotopic (exact) mass is 297 g/mol. The number of nitrogen functional groups attached to an aromatic ring is 2. The van der Waals surface area contributed by atoms with Crippen LogP contribution in [0.5, 0.6) is 0 Å². The van der Waals surface area contributed by atoms with E-state index in [1.165, 1.54) is 0 Å². The summed E-state index contributed by atoms with van der Waals surface area (Å²) in [4.78, 5) is 20.9. The van der Waals surface area contributed by atoms with E-state index in [2.05, 4.69) is 9.88 Å². The minimum absolute atomic E-state index is 0.00706. The molecule has 1 fully saturated rings. The molecule has 2 aromatic rings. The molecular weight excluding hydrogens is 278 g/mol. The van der Waals surface area contributed by atoms with E-state index in [1.54, 1.807) is 24.4 Å². The summed E-state index contributed by atoms with van der Waals surface area (Å²) in [6.07, 6.45) is 1.78. The lowest BCUT2D eigenvalue weighted by atomic mass is 10.1. The Morgan fingerprint density at radius 2 is 1.77 bits per heavy atom. The molecule has 1 aromatic heterocycles. The Morgan fingerprint density at radius 3 is 2.41 bits per heavy atom. The molecule has 6 nitrogen and oxygen atoms in total. The van der Waals surface area contributed by atoms with Crippen molar-refractivity contribution in [2.75, 3.05) is 42.5 Å². The molecule has 1 aromatic carbocycles. The second kappa shape index (κ2) is 5.93. The fourth-order valence-corrected chi connectivity index (χ4v) is 2.57. The van der Waals surface area contributed by atoms with Crippen LogP contribution in [0.25, 0.3) is 0 Å². The Bertz CT molecular complexity index is 665. The van der Waals surface area contributed by atoms with Crippen LogP contribution in [-0.2, 0) is 0 Å². The molecule has 1 aliphatic rings. The number of hydrogen-bond acceptors (Lipinski definition) is 5. The quantitative estimate of drug-likeness (QED) is 0.813. The molecule has 0 aliphatic carbocycles. The molecule has 0 bridgehead atoms. The predicted octanol–water partition coefficient (Wildman–Crippen LogP) is 1.21. The maximum absolute atomic E-state index is 12.5. The Kier molecular flexibility index (Phi) is 3.82. The van der Waals surface area contributed by atoms with Gasteiger partial charge in [0.1, 0.15) is 5.82 Å². The molecule has 1 saturated heterocycles. The molecule has 1 aliphatic heterocycles. The summed E-state index contributed by atoms with van der Waals surface area (Å²) < 4.78 is 0. The van der Waals surface area contributed by atoms with Crippen molar-refractivity contribution in [3.8, 4) is 0 Å². The topological polar surface area (TPSA) is 88.5 Å². The molecule has 0 radical (unpaired) electrons. The van der Waals surface area contributed by atoms with Gasteiger partial charge in [0.15, 0.2) is 0 Å². The van der Waals surface area contributed by atoms with Gasteiger partial charge >= 0.3 is 0 Å². The van der Waals surface area contributed by atoms with Gasteiger partial charge in [0.05, 0.1) is 11.4 Å². The number of pyridine rings is 1. The van der Waals surface area contributed by atoms with Crippen LogP contribution < -0.4 is 16.4 Å². The van der Waals surface area contributed by atoms with Gasteiger partial charge in [-0.15, -0.1) is 0 Å². The van der Waals surface area contributed by atoms with E-state index in [9.17, 15) is 4.79 Å². The van der Waals surface area contributed by atoms with E-state index < -0.39 is 0 Å². The smallest absolute Gasteiger partial charge is 0.254 e. The average Bonchev–Trinajstić information content (AvgIpc) is 2.58. The highest BCUT2D eigenvalue weighted by Crippen LogP contribution is 2.19. The van der Waals surface area contributed by atoms with Crippen molar-refractivity contribution in [1.82, 2.24) is 9.88 Å². The lowest BCUT2D eigenvalue weighted by molar-refractivity contribution is 0.0746. The van der Waals surface area contributed by atoms with Crippen molar-refractivity contribution in [2.24, 2.45) is 0 Å². The van der Waals surface area contributed by atoms with E-state index in [0.717, 1.165) is 18.9 Å². The Morgan fingerprint density at radius 1 is 1.00 bits per heavy atom. The van der Waals surface area contributed by atoms with Gasteiger partial charge < -0.3 is 21.3 Å². The molecular formula is C16H19N5O. The Labute approximate surface area is 129 Å². The molecule has 4 N–H and O–H groups in total. The number of hydrogen-bond donors (Lipinski definition) is 2. The van der Waals surface area contributed by atoms with Crippen LogP contribution in [0.15, 0.2) is 42.6 Å². The van der Waals surface area contributed by atoms with Gasteiger partial charge in [0, 0.05) is 37.9 Å². The molecule has 3 rings (SSSR count). The standard InChI is InChI=1S/C16H19N5O/c17-13-5-4-12(11-14(13)18)16(22)21-9-7-20(8-10-21)15-3-1-2-6-19-15/h1-6,11H,7-10,17-18H2. The van der Waals surface area contributed by atoms with E-state index in [1.807, 2.05) is 23.1 Å². The first-order valence-corrected chi connectivity index (χ1v) is 7.25. The number of aromatic nitrogens is 1. The molecule has 0 saturated carbocycles. The normalized spacial score (nSPS) is 14.9. The zero-order valence-electron chi connectivity index (χ0n) is 12.3. The number of anilines is 3. The predicted molar refractivity (Wildman–Crippen MR) is 87.6 cm³/mol. The highest BCUT2D eigenvalue weighted by Gasteiger charge is 2.22. The van der Waals surface area contributed by atoms with Crippen molar-refractivity contribution in [2.45, 2.75) is 0 Å². The zero-order chi connectivity index (χ0) is 15.5. The van der Waals surface area contributed by atoms with Gasteiger partial charge in [-0.2, -0.15) is 0 Å². The number of benzene rings is 1. The van der Waals surface area contributed by atoms with Gasteiger partial charge in [-0.1, -0.05) is 6.07 Å². The van der Waals surface area contributed by atoms with E-state index >= 15 is 0 Å². The van der Waals surface area contributed by atoms with Gasteiger partial charge in [-0.25, -0.2) is 4.98 Å². The Hall–Kier alpha value is -2.76. The molecule has 0 atom stereocenters. The third-order valence-corrected chi connectivity index (χ3v) is 3.87. The summed E-state index contributed by atoms with van der Waals surface area (Å²) in [5, 5.41) is 0. The number of amides is 1. The number of nitrogens with zero attached hydrogens (tertiary/aromatic N) is 3. The van der Waals surface area contributed by atoms with Crippen LogP contribution in [0.1, 0.15) is 10.4 Å². The largest absolute Gasteiger partial charge is 0.397 e. The third-order valence-electron chi connectivity index (χ3n) is 3.87. The van der Waals surface area contributed by atoms with Crippen LogP contribution in [0.4, 0.5) is 17.2 Å². The summed E-state index contributed by atoms with van der Waals surface area (Å²) in [7, 11) is 0. The first-order chi connectivity index (χ1) is 10.6. The highest BCUT2D eigenvalue weighted by atomic mass is 16.2. The van der Waals surface area contributed by atoms with Crippen molar-refractivity contribution >= 4 is 23.1 Å². The molecule has 1 amide bonds. The van der Waals surface area contributed by atoms with Crippen LogP contribution in [0.2, 0.25) is 0 Å². The highest BCUT2D eigenvalue weighted by molar-refractivity contribution is 5.96. The first kappa shape index (κ1) is 14.2. The zero-order valence-corrected chi connectivity index (χ0v) is 12.3. The van der Waals surface area contributed by atoms with Crippen LogP contribution in [0, 0.1) is 0 Å². The van der Waals surface area contributed by atoms with Crippen molar-refractivity contribution in [1.29, 1.82) is 0 Å². The molecule has 0 unspecified atom stereocenters. The Balaban J connectivity index is 1.66. The van der Waals surface area contributed by atoms with Gasteiger partial charge in [-0.3, -0.25) is 4.79 Å². The summed E-state index contributed by atoms with van der Waals surface area (Å²) >= 11 is 0. The van der Waals surface area contributed by atoms with Gasteiger partial charge in [0.2, 0.25) is 0 Å². The van der Waals surface area contributed by atoms with Crippen LogP contribution in [-0.4, -0.2) is 42.0 Å². The summed E-state index contributed by atoms with van der Waals surface area (Å²) in [6, 6.07) is 10.9. The summed E-state index contributed by atoms with van der Waals surface area (Å²) in [5.74, 6) is 0.943. The summed E-state index contributed by atoms with van der Waals surface area (Å²) in [5.41, 5.74) is 13.0. The van der Waals surface area contributed by atoms with E-state index in [0.29, 0.717) is 30.0 Å². The minimum Gasteiger partial charge on any atom is -0.397 e. The number of rotatable bonds is 2. The minimum atomic E-state index is -0.00706. The van der Waals surface area contributed by atoms with Crippen molar-refractivity contribution in [3.05, 3.63) is 48.2 Å². The third kappa shape index (κ3) is 2.81. The fourth-order valence-electron chi connectivity index (χ4n) is 2.57. The summed E-state index contributed by atoms with van der Waals surface area (Å²) in [6.45, 7) is 2.87. The van der Waals surface area contributed by atoms with Gasteiger partial charge in [0.25, 0.3) is 5.91 Å². The van der Waals surface area contributed by atoms with Crippen LogP contribution in [0.3, 0.4) is 0 Å². The number of carbonyl (C=O) groups excluding carboxylic acids is 1. The van der Waals surface area contributed by atoms with Gasteiger partial charge in [-0.05, 0) is 30.3 Å². The van der Waals surface area contributed by atoms with E-state index in [4.69, 9.17) is 11.5 Å². The number of nitrogens with two attached hydrogens (primary N) is 2. The molecule has 22 heavy (non-hydrogen) atoms. The average molecular weight is 297 g/mol. The molecule has 114 valence electrons. The second-order valence-electron chi connectivity index (χ2n) is 5.31. The maximum atomic E-state index is 12.5. The molecule has 6 heteroatoms. The molecule has 2 heterocycles. The maximum Gasteiger partial charge on any atom is 0.254 e. The lowest BCUT2D eigenvalue weighted by Gasteiger charge is -2.35. The van der Waals surface area contributed by atoms with Crippen molar-refractivity contribution < 1.29 is 4.79 Å². The van der Waals surface area contributed by atoms with Crippen molar-refractivity contribution in [3.63, 3.8) is 0 Å².